The summed E-state index contributed by atoms with van der Waals surface area (Å²) in [4.78, 5) is 14.9. The largest absolute Gasteiger partial charge is 0.339 e. The highest BCUT2D eigenvalue weighted by Gasteiger charge is 2.28. The molecule has 0 aliphatic carbocycles. The van der Waals surface area contributed by atoms with Crippen molar-refractivity contribution < 1.29 is 9.18 Å². The number of fused-ring (bicyclic) bond motifs is 1. The Morgan fingerprint density at radius 2 is 2.13 bits per heavy atom. The number of halogens is 2. The van der Waals surface area contributed by atoms with Gasteiger partial charge in [0.25, 0.3) is 5.91 Å². The van der Waals surface area contributed by atoms with Crippen LogP contribution in [0, 0.1) is 5.82 Å². The number of benzene rings is 1. The number of rotatable bonds is 3. The summed E-state index contributed by atoms with van der Waals surface area (Å²) in [6.07, 6.45) is 6.93. The van der Waals surface area contributed by atoms with Gasteiger partial charge in [-0.1, -0.05) is 37.6 Å². The monoisotopic (exact) mass is 431 g/mol. The van der Waals surface area contributed by atoms with Crippen LogP contribution >= 0.6 is 11.6 Å². The van der Waals surface area contributed by atoms with Crippen molar-refractivity contribution in [2.45, 2.75) is 33.9 Å². The molecule has 1 aromatic carbocycles. The van der Waals surface area contributed by atoms with Crippen molar-refractivity contribution in [2.75, 3.05) is 5.32 Å². The van der Waals surface area contributed by atoms with Gasteiger partial charge < -0.3 is 16.0 Å². The number of allylic oxidation sites excluding steroid dienone is 3. The van der Waals surface area contributed by atoms with E-state index < -0.39 is 5.82 Å². The SMILES string of the molecule is C/C=C1/Nc2c(cnn2C)CN(C(=O)c2ccc(CN)c(F)c2)/C1=C/C=C/Cl.CC. The van der Waals surface area contributed by atoms with Crippen LogP contribution in [-0.4, -0.2) is 20.6 Å². The fourth-order valence-corrected chi connectivity index (χ4v) is 3.14. The molecule has 0 radical (unpaired) electrons. The topological polar surface area (TPSA) is 76.2 Å². The molecule has 0 bridgehead atoms. The molecule has 3 N–H and O–H groups in total. The fraction of sp³-hybridized carbons (Fsp3) is 0.273. The van der Waals surface area contributed by atoms with Crippen LogP contribution in [0.25, 0.3) is 0 Å². The molecule has 3 rings (SSSR count). The van der Waals surface area contributed by atoms with Crippen molar-refractivity contribution in [2.24, 2.45) is 12.8 Å². The molecule has 2 aromatic rings. The fourth-order valence-electron chi connectivity index (χ4n) is 3.06. The predicted molar refractivity (Wildman–Crippen MR) is 119 cm³/mol. The van der Waals surface area contributed by atoms with E-state index in [2.05, 4.69) is 10.4 Å². The summed E-state index contributed by atoms with van der Waals surface area (Å²) in [6, 6.07) is 4.34. The molecule has 8 heteroatoms. The Morgan fingerprint density at radius 3 is 2.73 bits per heavy atom. The lowest BCUT2D eigenvalue weighted by molar-refractivity contribution is 0.0800. The molecule has 160 valence electrons. The standard InChI is InChI=1S/C20H21ClFN5O.C2H6/c1-3-17-18(5-4-8-21)27(12-15-11-24-26(2)19(15)25-17)20(28)13-6-7-14(10-23)16(22)9-13;1-2/h3-9,11,25H,10,12,23H2,1-2H3;1-2H3/b8-4+,17-3+,18-5+;. The number of carbonyl (C=O) groups excluding carboxylic acids is 1. The molecule has 6 nitrogen and oxygen atoms in total. The van der Waals surface area contributed by atoms with E-state index in [1.165, 1.54) is 17.7 Å². The van der Waals surface area contributed by atoms with Gasteiger partial charge in [-0.2, -0.15) is 5.10 Å². The maximum atomic E-state index is 14.2. The number of nitrogens with two attached hydrogens (primary N) is 1. The first-order valence-electron chi connectivity index (χ1n) is 9.72. The lowest BCUT2D eigenvalue weighted by Gasteiger charge is -2.24. The number of aryl methyl sites for hydroxylation is 1. The van der Waals surface area contributed by atoms with Crippen LogP contribution in [-0.2, 0) is 20.1 Å². The van der Waals surface area contributed by atoms with Gasteiger partial charge in [-0.3, -0.25) is 9.48 Å². The minimum atomic E-state index is -0.499. The molecular weight excluding hydrogens is 405 g/mol. The third kappa shape index (κ3) is 4.80. The molecule has 30 heavy (non-hydrogen) atoms. The number of aromatic nitrogens is 2. The summed E-state index contributed by atoms with van der Waals surface area (Å²) in [5.41, 5.74) is 9.64. The Balaban J connectivity index is 0.00000155. The molecule has 0 unspecified atom stereocenters. The van der Waals surface area contributed by atoms with Crippen molar-refractivity contribution >= 4 is 23.3 Å². The van der Waals surface area contributed by atoms with Gasteiger partial charge in [0.2, 0.25) is 0 Å². The quantitative estimate of drug-likeness (QED) is 0.741. The van der Waals surface area contributed by atoms with Gasteiger partial charge >= 0.3 is 0 Å². The van der Waals surface area contributed by atoms with Crippen molar-refractivity contribution in [1.82, 2.24) is 14.7 Å². The van der Waals surface area contributed by atoms with Crippen molar-refractivity contribution in [3.05, 3.63) is 82.1 Å². The molecule has 0 atom stereocenters. The molecule has 1 aliphatic heterocycles. The van der Waals surface area contributed by atoms with E-state index in [0.717, 1.165) is 11.4 Å². The average molecular weight is 432 g/mol. The number of nitrogens with one attached hydrogen (secondary N) is 1. The number of hydrogen-bond donors (Lipinski definition) is 2. The Bertz CT molecular complexity index is 993. The molecule has 0 saturated heterocycles. The number of carbonyl (C=O) groups is 1. The second kappa shape index (κ2) is 10.8. The molecule has 0 spiro atoms. The van der Waals surface area contributed by atoms with Crippen LogP contribution < -0.4 is 11.1 Å². The van der Waals surface area contributed by atoms with Gasteiger partial charge in [-0.05, 0) is 31.2 Å². The van der Waals surface area contributed by atoms with Gasteiger partial charge in [0, 0.05) is 35.8 Å². The molecular formula is C22H27ClFN5O. The third-order valence-electron chi connectivity index (χ3n) is 4.54. The Labute approximate surface area is 181 Å². The molecule has 1 amide bonds. The second-order valence-corrected chi connectivity index (χ2v) is 6.49. The van der Waals surface area contributed by atoms with E-state index in [-0.39, 0.29) is 24.6 Å². The van der Waals surface area contributed by atoms with E-state index in [0.29, 0.717) is 17.0 Å². The Kier molecular flexibility index (Phi) is 8.38. The highest BCUT2D eigenvalue weighted by Crippen LogP contribution is 2.30. The number of hydrogen-bond acceptors (Lipinski definition) is 4. The van der Waals surface area contributed by atoms with Crippen LogP contribution in [0.5, 0.6) is 0 Å². The Morgan fingerprint density at radius 1 is 1.40 bits per heavy atom. The third-order valence-corrected chi connectivity index (χ3v) is 4.69. The van der Waals surface area contributed by atoms with Crippen LogP contribution in [0.3, 0.4) is 0 Å². The van der Waals surface area contributed by atoms with Gasteiger partial charge in [-0.15, -0.1) is 0 Å². The zero-order valence-electron chi connectivity index (χ0n) is 17.6. The van der Waals surface area contributed by atoms with Gasteiger partial charge in [0.05, 0.1) is 24.1 Å². The van der Waals surface area contributed by atoms with E-state index in [4.69, 9.17) is 17.3 Å². The van der Waals surface area contributed by atoms with Gasteiger partial charge in [-0.25, -0.2) is 4.39 Å². The van der Waals surface area contributed by atoms with Crippen molar-refractivity contribution in [3.8, 4) is 0 Å². The molecule has 2 heterocycles. The molecule has 1 aromatic heterocycles. The highest BCUT2D eigenvalue weighted by atomic mass is 35.5. The second-order valence-electron chi connectivity index (χ2n) is 6.24. The van der Waals surface area contributed by atoms with Crippen LogP contribution in [0.4, 0.5) is 10.2 Å². The van der Waals surface area contributed by atoms with Crippen LogP contribution in [0.1, 0.15) is 42.3 Å². The lowest BCUT2D eigenvalue weighted by atomic mass is 10.1. The normalized spacial score (nSPS) is 16.2. The first-order valence-corrected chi connectivity index (χ1v) is 10.2. The summed E-state index contributed by atoms with van der Waals surface area (Å²) in [6.45, 7) is 6.20. The number of anilines is 1. The maximum absolute atomic E-state index is 14.2. The summed E-state index contributed by atoms with van der Waals surface area (Å²) in [5.74, 6) is -0.0517. The number of nitrogens with zero attached hydrogens (tertiary/aromatic N) is 3. The zero-order chi connectivity index (χ0) is 22.3. The molecule has 1 aliphatic rings. The average Bonchev–Trinajstić information content (AvgIpc) is 3.02. The lowest BCUT2D eigenvalue weighted by Crippen LogP contribution is -2.30. The van der Waals surface area contributed by atoms with Gasteiger partial charge in [0.15, 0.2) is 0 Å². The van der Waals surface area contributed by atoms with E-state index in [9.17, 15) is 9.18 Å². The minimum Gasteiger partial charge on any atom is -0.339 e. The highest BCUT2D eigenvalue weighted by molar-refractivity contribution is 6.25. The zero-order valence-corrected chi connectivity index (χ0v) is 18.4. The first kappa shape index (κ1) is 23.4. The first-order chi connectivity index (χ1) is 14.5. The maximum Gasteiger partial charge on any atom is 0.258 e. The van der Waals surface area contributed by atoms with E-state index >= 15 is 0 Å². The van der Waals surface area contributed by atoms with Gasteiger partial charge in [0.1, 0.15) is 11.6 Å². The summed E-state index contributed by atoms with van der Waals surface area (Å²) >= 11 is 5.70. The Hall–Kier alpha value is -2.90. The molecule has 0 fully saturated rings. The summed E-state index contributed by atoms with van der Waals surface area (Å²) in [7, 11) is 1.82. The summed E-state index contributed by atoms with van der Waals surface area (Å²) < 4.78 is 15.9. The van der Waals surface area contributed by atoms with E-state index in [1.54, 1.807) is 34.0 Å². The predicted octanol–water partition coefficient (Wildman–Crippen LogP) is 4.65. The van der Waals surface area contributed by atoms with Crippen molar-refractivity contribution in [3.63, 3.8) is 0 Å². The van der Waals surface area contributed by atoms with Crippen LogP contribution in [0.2, 0.25) is 0 Å². The number of amides is 1. The van der Waals surface area contributed by atoms with E-state index in [1.807, 2.05) is 33.9 Å². The van der Waals surface area contributed by atoms with Crippen molar-refractivity contribution in [1.29, 1.82) is 0 Å². The minimum absolute atomic E-state index is 0.0708. The van der Waals surface area contributed by atoms with Crippen LogP contribution in [0.15, 0.2) is 59.6 Å². The smallest absolute Gasteiger partial charge is 0.258 e. The molecule has 0 saturated carbocycles. The summed E-state index contributed by atoms with van der Waals surface area (Å²) in [5, 5.41) is 7.57.